The van der Waals surface area contributed by atoms with E-state index in [2.05, 4.69) is 59.4 Å². The average Bonchev–Trinajstić information content (AvgIpc) is 2.40. The summed E-state index contributed by atoms with van der Waals surface area (Å²) in [5.74, 6) is 1.10. The summed E-state index contributed by atoms with van der Waals surface area (Å²) in [6.45, 7) is 4.01. The molecule has 0 bridgehead atoms. The topological polar surface area (TPSA) is 16.1 Å². The Morgan fingerprint density at radius 1 is 1.05 bits per heavy atom. The first-order valence-corrected chi connectivity index (χ1v) is 7.51. The lowest BCUT2D eigenvalue weighted by Gasteiger charge is -2.16. The highest BCUT2D eigenvalue weighted by atomic mass is 32.2. The number of pyridine rings is 1. The molecule has 0 spiro atoms. The second-order valence-electron chi connectivity index (χ2n) is 4.67. The first-order valence-electron chi connectivity index (χ1n) is 6.53. The molecule has 0 unspecified atom stereocenters. The lowest BCUT2D eigenvalue weighted by Crippen LogP contribution is -2.21. The lowest BCUT2D eigenvalue weighted by molar-refractivity contribution is 0.344. The van der Waals surface area contributed by atoms with Crippen molar-refractivity contribution < 1.29 is 0 Å². The molecule has 100 valence electrons. The largest absolute Gasteiger partial charge is 0.300 e. The highest BCUT2D eigenvalue weighted by Crippen LogP contribution is 2.16. The summed E-state index contributed by atoms with van der Waals surface area (Å²) >= 11 is 1.90. The number of thioether (sulfide) groups is 1. The molecule has 1 aromatic carbocycles. The van der Waals surface area contributed by atoms with E-state index < -0.39 is 0 Å². The van der Waals surface area contributed by atoms with Crippen molar-refractivity contribution in [3.63, 3.8) is 0 Å². The predicted molar refractivity (Wildman–Crippen MR) is 82.5 cm³/mol. The smallest absolute Gasteiger partial charge is 0.0547 e. The minimum atomic E-state index is 0.914. The molecule has 0 radical (unpaired) electrons. The maximum absolute atomic E-state index is 4.53. The summed E-state index contributed by atoms with van der Waals surface area (Å²) in [6, 6.07) is 16.7. The molecule has 0 saturated carbocycles. The van der Waals surface area contributed by atoms with Crippen molar-refractivity contribution in [3.8, 4) is 0 Å². The summed E-state index contributed by atoms with van der Waals surface area (Å²) in [5, 5.41) is 0. The first-order chi connectivity index (χ1) is 9.24. The van der Waals surface area contributed by atoms with Crippen LogP contribution < -0.4 is 0 Å². The Balaban J connectivity index is 1.74. The summed E-state index contributed by atoms with van der Waals surface area (Å²) in [5.41, 5.74) is 2.23. The minimum Gasteiger partial charge on any atom is -0.300 e. The van der Waals surface area contributed by atoms with Crippen LogP contribution >= 0.6 is 11.8 Å². The molecule has 19 heavy (non-hydrogen) atoms. The van der Waals surface area contributed by atoms with Gasteiger partial charge in [0.05, 0.1) is 5.69 Å². The van der Waals surface area contributed by atoms with Gasteiger partial charge in [-0.2, -0.15) is 0 Å². The molecule has 2 nitrogen and oxygen atoms in total. The maximum atomic E-state index is 4.53. The van der Waals surface area contributed by atoms with Crippen LogP contribution in [0.2, 0.25) is 0 Å². The lowest BCUT2D eigenvalue weighted by atomic mass is 10.3. The van der Waals surface area contributed by atoms with Gasteiger partial charge in [0.1, 0.15) is 0 Å². The third-order valence-electron chi connectivity index (χ3n) is 2.86. The SMILES string of the molecule is Cc1cccc(CN(C)CCSc2ccccc2)n1. The molecule has 3 heteroatoms. The van der Waals surface area contributed by atoms with Gasteiger partial charge < -0.3 is 0 Å². The fourth-order valence-corrected chi connectivity index (χ4v) is 2.87. The van der Waals surface area contributed by atoms with Gasteiger partial charge in [-0.3, -0.25) is 9.88 Å². The van der Waals surface area contributed by atoms with E-state index in [9.17, 15) is 0 Å². The van der Waals surface area contributed by atoms with Gasteiger partial charge in [0.2, 0.25) is 0 Å². The molecule has 0 aliphatic rings. The monoisotopic (exact) mass is 272 g/mol. The Kier molecular flexibility index (Phi) is 5.43. The van der Waals surface area contributed by atoms with E-state index in [-0.39, 0.29) is 0 Å². The molecule has 2 aromatic rings. The number of hydrogen-bond acceptors (Lipinski definition) is 3. The summed E-state index contributed by atoms with van der Waals surface area (Å²) < 4.78 is 0. The Morgan fingerprint density at radius 3 is 2.58 bits per heavy atom. The molecular formula is C16H20N2S. The van der Waals surface area contributed by atoms with Crippen molar-refractivity contribution >= 4 is 11.8 Å². The Labute approximate surface area is 119 Å². The zero-order valence-electron chi connectivity index (χ0n) is 11.5. The average molecular weight is 272 g/mol. The van der Waals surface area contributed by atoms with Gasteiger partial charge in [0, 0.05) is 29.4 Å². The van der Waals surface area contributed by atoms with Crippen LogP contribution in [0.15, 0.2) is 53.4 Å². The molecule has 0 aliphatic heterocycles. The number of aromatic nitrogens is 1. The van der Waals surface area contributed by atoms with Gasteiger partial charge in [0.25, 0.3) is 0 Å². The van der Waals surface area contributed by atoms with Crippen LogP contribution in [0.5, 0.6) is 0 Å². The molecule has 0 atom stereocenters. The van der Waals surface area contributed by atoms with E-state index in [1.165, 1.54) is 4.90 Å². The van der Waals surface area contributed by atoms with Gasteiger partial charge >= 0.3 is 0 Å². The highest BCUT2D eigenvalue weighted by molar-refractivity contribution is 7.99. The second-order valence-corrected chi connectivity index (χ2v) is 5.84. The first kappa shape index (κ1) is 14.1. The fourth-order valence-electron chi connectivity index (χ4n) is 1.88. The van der Waals surface area contributed by atoms with Crippen molar-refractivity contribution in [2.75, 3.05) is 19.3 Å². The van der Waals surface area contributed by atoms with Crippen LogP contribution in [0.3, 0.4) is 0 Å². The third kappa shape index (κ3) is 5.05. The van der Waals surface area contributed by atoms with Gasteiger partial charge in [0.15, 0.2) is 0 Å². The van der Waals surface area contributed by atoms with Crippen LogP contribution in [0.4, 0.5) is 0 Å². The quantitative estimate of drug-likeness (QED) is 0.747. The number of aryl methyl sites for hydroxylation is 1. The molecule has 0 N–H and O–H groups in total. The van der Waals surface area contributed by atoms with Crippen molar-refractivity contribution in [1.29, 1.82) is 0 Å². The highest BCUT2D eigenvalue weighted by Gasteiger charge is 2.02. The maximum Gasteiger partial charge on any atom is 0.0547 e. The molecular weight excluding hydrogens is 252 g/mol. The van der Waals surface area contributed by atoms with E-state index in [1.807, 2.05) is 24.8 Å². The zero-order chi connectivity index (χ0) is 13.5. The van der Waals surface area contributed by atoms with E-state index in [1.54, 1.807) is 0 Å². The molecule has 0 fully saturated rings. The van der Waals surface area contributed by atoms with E-state index in [0.29, 0.717) is 0 Å². The Hall–Kier alpha value is -1.32. The minimum absolute atomic E-state index is 0.914. The predicted octanol–water partition coefficient (Wildman–Crippen LogP) is 3.61. The van der Waals surface area contributed by atoms with Gasteiger partial charge in [-0.25, -0.2) is 0 Å². The zero-order valence-corrected chi connectivity index (χ0v) is 12.4. The number of nitrogens with zero attached hydrogens (tertiary/aromatic N) is 2. The fraction of sp³-hybridized carbons (Fsp3) is 0.312. The van der Waals surface area contributed by atoms with Crippen LogP contribution in [-0.4, -0.2) is 29.2 Å². The molecule has 0 aliphatic carbocycles. The van der Waals surface area contributed by atoms with Crippen LogP contribution in [-0.2, 0) is 6.54 Å². The number of benzene rings is 1. The Morgan fingerprint density at radius 2 is 1.84 bits per heavy atom. The number of rotatable bonds is 6. The van der Waals surface area contributed by atoms with Crippen LogP contribution in [0.1, 0.15) is 11.4 Å². The van der Waals surface area contributed by atoms with E-state index in [0.717, 1.165) is 30.2 Å². The molecule has 1 aromatic heterocycles. The Bertz CT molecular complexity index is 499. The third-order valence-corrected chi connectivity index (χ3v) is 3.86. The normalized spacial score (nSPS) is 10.9. The molecule has 0 saturated heterocycles. The van der Waals surface area contributed by atoms with Gasteiger partial charge in [-0.05, 0) is 38.2 Å². The van der Waals surface area contributed by atoms with E-state index in [4.69, 9.17) is 0 Å². The standard InChI is InChI=1S/C16H20N2S/c1-14-7-6-8-15(17-14)13-18(2)11-12-19-16-9-4-3-5-10-16/h3-10H,11-13H2,1-2H3. The van der Waals surface area contributed by atoms with Crippen molar-refractivity contribution in [2.24, 2.45) is 0 Å². The summed E-state index contributed by atoms with van der Waals surface area (Å²) in [6.07, 6.45) is 0. The molecule has 2 rings (SSSR count). The van der Waals surface area contributed by atoms with Gasteiger partial charge in [-0.15, -0.1) is 11.8 Å². The van der Waals surface area contributed by atoms with Crippen molar-refractivity contribution in [2.45, 2.75) is 18.4 Å². The van der Waals surface area contributed by atoms with Crippen LogP contribution in [0.25, 0.3) is 0 Å². The summed E-state index contributed by atoms with van der Waals surface area (Å²) in [4.78, 5) is 8.19. The molecule has 1 heterocycles. The summed E-state index contributed by atoms with van der Waals surface area (Å²) in [7, 11) is 2.15. The van der Waals surface area contributed by atoms with Gasteiger partial charge in [-0.1, -0.05) is 24.3 Å². The van der Waals surface area contributed by atoms with Crippen molar-refractivity contribution in [1.82, 2.24) is 9.88 Å². The number of hydrogen-bond donors (Lipinski definition) is 0. The molecule has 0 amide bonds. The van der Waals surface area contributed by atoms with Crippen molar-refractivity contribution in [3.05, 3.63) is 59.9 Å². The second kappa shape index (κ2) is 7.31. The van der Waals surface area contributed by atoms with E-state index >= 15 is 0 Å². The van der Waals surface area contributed by atoms with Crippen LogP contribution in [0, 0.1) is 6.92 Å².